The molecule has 38 heavy (non-hydrogen) atoms. The molecule has 1 aromatic heterocycles. The number of amides is 2. The summed E-state index contributed by atoms with van der Waals surface area (Å²) in [5.41, 5.74) is 4.23. The Balaban J connectivity index is 1.91. The predicted octanol–water partition coefficient (Wildman–Crippen LogP) is 5.20. The molecule has 0 aliphatic heterocycles. The molecule has 0 aliphatic rings. The number of carbonyl (C=O) groups is 2. The number of aromatic nitrogens is 2. The first kappa shape index (κ1) is 29.0. The zero-order valence-corrected chi connectivity index (χ0v) is 23.9. The van der Waals surface area contributed by atoms with E-state index >= 15 is 0 Å². The highest BCUT2D eigenvalue weighted by Gasteiger charge is 2.33. The van der Waals surface area contributed by atoms with Crippen LogP contribution in [0.15, 0.2) is 53.7 Å². The van der Waals surface area contributed by atoms with Crippen molar-refractivity contribution >= 4 is 29.3 Å². The van der Waals surface area contributed by atoms with Gasteiger partial charge in [0.05, 0.1) is 25.7 Å². The molecule has 1 heterocycles. The van der Waals surface area contributed by atoms with Gasteiger partial charge in [0.2, 0.25) is 11.8 Å². The summed E-state index contributed by atoms with van der Waals surface area (Å²) in [6.45, 7) is 9.98. The first-order valence-electron chi connectivity index (χ1n) is 12.4. The number of methoxy groups -OCH3 is 2. The first-order chi connectivity index (χ1) is 18.1. The molecule has 0 saturated carbocycles. The van der Waals surface area contributed by atoms with Crippen molar-refractivity contribution in [1.29, 1.82) is 0 Å². The number of anilines is 1. The Morgan fingerprint density at radius 1 is 0.974 bits per heavy atom. The molecule has 0 fully saturated rings. The summed E-state index contributed by atoms with van der Waals surface area (Å²) in [7, 11) is 3.10. The van der Waals surface area contributed by atoms with Crippen LogP contribution in [0.2, 0.25) is 0 Å². The van der Waals surface area contributed by atoms with Gasteiger partial charge in [-0.15, -0.1) is 0 Å². The number of nitrogens with zero attached hydrogens (tertiary/aromatic N) is 3. The Kier molecular flexibility index (Phi) is 10.1. The maximum atomic E-state index is 13.7. The van der Waals surface area contributed by atoms with Crippen molar-refractivity contribution in [2.24, 2.45) is 5.92 Å². The lowest BCUT2D eigenvalue weighted by molar-refractivity contribution is -0.138. The first-order valence-corrected chi connectivity index (χ1v) is 13.4. The van der Waals surface area contributed by atoms with Gasteiger partial charge in [0.15, 0.2) is 5.16 Å². The second-order valence-corrected chi connectivity index (χ2v) is 10.4. The molecule has 1 unspecified atom stereocenters. The van der Waals surface area contributed by atoms with Gasteiger partial charge >= 0.3 is 0 Å². The minimum Gasteiger partial charge on any atom is -0.497 e. The molecule has 1 atom stereocenters. The van der Waals surface area contributed by atoms with Gasteiger partial charge in [-0.2, -0.15) is 0 Å². The fraction of sp³-hybridized carbons (Fsp3) is 0.379. The Hall–Kier alpha value is -3.59. The molecule has 3 rings (SSSR count). The van der Waals surface area contributed by atoms with Gasteiger partial charge in [-0.1, -0.05) is 49.9 Å². The summed E-state index contributed by atoms with van der Waals surface area (Å²) in [5.74, 6) is 0.572. The van der Waals surface area contributed by atoms with E-state index < -0.39 is 6.04 Å². The van der Waals surface area contributed by atoms with Crippen LogP contribution >= 0.6 is 11.8 Å². The molecular formula is C29H36N4O4S. The lowest BCUT2D eigenvalue weighted by Crippen LogP contribution is -2.50. The van der Waals surface area contributed by atoms with E-state index in [1.807, 2.05) is 65.0 Å². The number of nitrogens with one attached hydrogen (secondary N) is 1. The number of aryl methyl sites for hydroxylation is 3. The highest BCUT2D eigenvalue weighted by molar-refractivity contribution is 7.99. The van der Waals surface area contributed by atoms with Gasteiger partial charge in [0.25, 0.3) is 0 Å². The number of hydrogen-bond acceptors (Lipinski definition) is 7. The Morgan fingerprint density at radius 3 is 2.26 bits per heavy atom. The standard InChI is InChI=1S/C29H36N4O4S/c1-18(2)27(28(35)32-24-13-12-23(36-6)15-25(24)37-7)33(16-22-11-9-8-10-19(22)3)26(34)17-38-29-30-20(4)14-21(5)31-29/h8-15,18,27H,16-17H2,1-7H3,(H,32,35). The fourth-order valence-electron chi connectivity index (χ4n) is 4.19. The fourth-order valence-corrected chi connectivity index (χ4v) is 5.03. The van der Waals surface area contributed by atoms with E-state index in [-0.39, 0.29) is 23.5 Å². The summed E-state index contributed by atoms with van der Waals surface area (Å²) < 4.78 is 10.7. The normalized spacial score (nSPS) is 11.7. The Labute approximate surface area is 229 Å². The van der Waals surface area contributed by atoms with Gasteiger partial charge in [-0.3, -0.25) is 9.59 Å². The summed E-state index contributed by atoms with van der Waals surface area (Å²) in [5, 5.41) is 3.52. The third-order valence-electron chi connectivity index (χ3n) is 6.11. The van der Waals surface area contributed by atoms with Crippen molar-refractivity contribution in [2.45, 2.75) is 52.4 Å². The van der Waals surface area contributed by atoms with Crippen molar-refractivity contribution in [2.75, 3.05) is 25.3 Å². The molecular weight excluding hydrogens is 500 g/mol. The van der Waals surface area contributed by atoms with Crippen LogP contribution in [0.25, 0.3) is 0 Å². The van der Waals surface area contributed by atoms with Crippen LogP contribution < -0.4 is 14.8 Å². The second-order valence-electron chi connectivity index (χ2n) is 9.41. The van der Waals surface area contributed by atoms with E-state index in [4.69, 9.17) is 9.47 Å². The molecule has 0 saturated heterocycles. The number of thioether (sulfide) groups is 1. The van der Waals surface area contributed by atoms with Gasteiger partial charge < -0.3 is 19.7 Å². The van der Waals surface area contributed by atoms with Crippen molar-refractivity contribution in [3.8, 4) is 11.5 Å². The van der Waals surface area contributed by atoms with Crippen molar-refractivity contribution < 1.29 is 19.1 Å². The van der Waals surface area contributed by atoms with Gasteiger partial charge in [-0.05, 0) is 56.0 Å². The molecule has 0 radical (unpaired) electrons. The maximum absolute atomic E-state index is 13.7. The highest BCUT2D eigenvalue weighted by atomic mass is 32.2. The van der Waals surface area contributed by atoms with Crippen molar-refractivity contribution in [3.63, 3.8) is 0 Å². The number of hydrogen-bond donors (Lipinski definition) is 1. The quantitative estimate of drug-likeness (QED) is 0.266. The third kappa shape index (κ3) is 7.47. The molecule has 2 amide bonds. The molecule has 8 nitrogen and oxygen atoms in total. The smallest absolute Gasteiger partial charge is 0.247 e. The van der Waals surface area contributed by atoms with Crippen molar-refractivity contribution in [3.05, 3.63) is 71.0 Å². The molecule has 202 valence electrons. The monoisotopic (exact) mass is 536 g/mol. The van der Waals surface area contributed by atoms with E-state index in [1.54, 1.807) is 30.2 Å². The van der Waals surface area contributed by atoms with E-state index in [2.05, 4.69) is 15.3 Å². The minimum atomic E-state index is -0.727. The summed E-state index contributed by atoms with van der Waals surface area (Å²) in [6, 6.07) is 14.2. The van der Waals surface area contributed by atoms with E-state index in [9.17, 15) is 9.59 Å². The second kappa shape index (κ2) is 13.3. The summed E-state index contributed by atoms with van der Waals surface area (Å²) in [6.07, 6.45) is 0. The zero-order chi connectivity index (χ0) is 27.8. The van der Waals surface area contributed by atoms with Crippen LogP contribution in [0.3, 0.4) is 0 Å². The Bertz CT molecular complexity index is 1260. The van der Waals surface area contributed by atoms with Crippen LogP contribution in [-0.4, -0.2) is 52.7 Å². The molecule has 0 bridgehead atoms. The molecule has 0 spiro atoms. The minimum absolute atomic E-state index is 0.108. The van der Waals surface area contributed by atoms with Crippen LogP contribution in [-0.2, 0) is 16.1 Å². The third-order valence-corrected chi connectivity index (χ3v) is 6.94. The summed E-state index contributed by atoms with van der Waals surface area (Å²) in [4.78, 5) is 38.0. The van der Waals surface area contributed by atoms with Crippen LogP contribution in [0.4, 0.5) is 5.69 Å². The zero-order valence-electron chi connectivity index (χ0n) is 23.1. The van der Waals surface area contributed by atoms with Crippen LogP contribution in [0.1, 0.15) is 36.4 Å². The van der Waals surface area contributed by atoms with Crippen molar-refractivity contribution in [1.82, 2.24) is 14.9 Å². The lowest BCUT2D eigenvalue weighted by atomic mass is 9.99. The molecule has 3 aromatic rings. The van der Waals surface area contributed by atoms with E-state index in [0.29, 0.717) is 28.9 Å². The maximum Gasteiger partial charge on any atom is 0.247 e. The summed E-state index contributed by atoms with van der Waals surface area (Å²) >= 11 is 1.28. The van der Waals surface area contributed by atoms with Gasteiger partial charge in [0.1, 0.15) is 17.5 Å². The molecule has 2 aromatic carbocycles. The average molecular weight is 537 g/mol. The highest BCUT2D eigenvalue weighted by Crippen LogP contribution is 2.30. The topological polar surface area (TPSA) is 93.7 Å². The van der Waals surface area contributed by atoms with Crippen LogP contribution in [0, 0.1) is 26.7 Å². The largest absolute Gasteiger partial charge is 0.497 e. The number of rotatable bonds is 11. The van der Waals surface area contributed by atoms with E-state index in [1.165, 1.54) is 18.9 Å². The number of benzene rings is 2. The number of ether oxygens (including phenoxy) is 2. The van der Waals surface area contributed by atoms with Crippen LogP contribution in [0.5, 0.6) is 11.5 Å². The molecule has 0 aliphatic carbocycles. The number of carbonyl (C=O) groups excluding carboxylic acids is 2. The molecule has 1 N–H and O–H groups in total. The SMILES string of the molecule is COc1ccc(NC(=O)C(C(C)C)N(Cc2ccccc2C)C(=O)CSc2nc(C)cc(C)n2)c(OC)c1. The average Bonchev–Trinajstić information content (AvgIpc) is 2.87. The Morgan fingerprint density at radius 2 is 1.66 bits per heavy atom. The predicted molar refractivity (Wildman–Crippen MR) is 151 cm³/mol. The molecule has 9 heteroatoms. The van der Waals surface area contributed by atoms with E-state index in [0.717, 1.165) is 22.5 Å². The lowest BCUT2D eigenvalue weighted by Gasteiger charge is -2.34. The van der Waals surface area contributed by atoms with Gasteiger partial charge in [-0.25, -0.2) is 9.97 Å². The van der Waals surface area contributed by atoms with Gasteiger partial charge in [0, 0.05) is 24.0 Å².